The van der Waals surface area contributed by atoms with Gasteiger partial charge in [0.05, 0.1) is 32.7 Å². The van der Waals surface area contributed by atoms with Crippen LogP contribution in [0.2, 0.25) is 0 Å². The first-order chi connectivity index (χ1) is 18.2. The summed E-state index contributed by atoms with van der Waals surface area (Å²) in [6.07, 6.45) is 0.930. The molecule has 0 fully saturated rings. The van der Waals surface area contributed by atoms with Gasteiger partial charge in [-0.2, -0.15) is 0 Å². The van der Waals surface area contributed by atoms with Crippen LogP contribution in [0.25, 0.3) is 11.2 Å². The van der Waals surface area contributed by atoms with Gasteiger partial charge in [0, 0.05) is 7.11 Å². The molecule has 0 bridgehead atoms. The molecule has 2 aromatic heterocycles. The van der Waals surface area contributed by atoms with Crippen molar-refractivity contribution in [2.24, 2.45) is 0 Å². The smallest absolute Gasteiger partial charge is 0.181 e. The molecule has 0 saturated carbocycles. The third kappa shape index (κ3) is 4.58. The van der Waals surface area contributed by atoms with Crippen LogP contribution in [0.5, 0.6) is 0 Å². The highest BCUT2D eigenvalue weighted by molar-refractivity contribution is 5.83. The lowest BCUT2D eigenvalue weighted by atomic mass is 9.68. The van der Waals surface area contributed by atoms with E-state index in [4.69, 9.17) is 19.5 Å². The molecular formula is C29H29N5O3. The van der Waals surface area contributed by atoms with E-state index in [1.807, 2.05) is 59.2 Å². The number of anilines is 1. The fourth-order valence-corrected chi connectivity index (χ4v) is 4.84. The zero-order valence-corrected chi connectivity index (χ0v) is 20.8. The quantitative estimate of drug-likeness (QED) is 0.222. The Morgan fingerprint density at radius 2 is 1.38 bits per heavy atom. The number of hydrogen-bond acceptors (Lipinski definition) is 7. The Labute approximate surface area is 215 Å². The molecule has 188 valence electrons. The average molecular weight is 496 g/mol. The zero-order chi connectivity index (χ0) is 25.7. The number of aliphatic hydroxyl groups excluding tert-OH is 1. The molecule has 0 amide bonds. The van der Waals surface area contributed by atoms with Gasteiger partial charge in [0.25, 0.3) is 0 Å². The van der Waals surface area contributed by atoms with Crippen LogP contribution in [0, 0.1) is 0 Å². The molecule has 0 saturated heterocycles. The summed E-state index contributed by atoms with van der Waals surface area (Å²) < 4.78 is 6.95. The minimum atomic E-state index is -0.845. The van der Waals surface area contributed by atoms with E-state index in [2.05, 4.69) is 46.9 Å². The number of aliphatic hydroxyl groups is 1. The maximum Gasteiger partial charge on any atom is 0.181 e. The van der Waals surface area contributed by atoms with E-state index in [-0.39, 0.29) is 13.2 Å². The highest BCUT2D eigenvalue weighted by Gasteiger charge is 2.42. The number of methoxy groups -OCH3 is 1. The van der Waals surface area contributed by atoms with Gasteiger partial charge in [-0.3, -0.25) is 4.84 Å². The predicted octanol–water partition coefficient (Wildman–Crippen LogP) is 4.19. The molecule has 0 unspecified atom stereocenters. The number of fused-ring (bicyclic) bond motifs is 1. The Bertz CT molecular complexity index is 1350. The van der Waals surface area contributed by atoms with Gasteiger partial charge in [-0.05, 0) is 16.7 Å². The first-order valence-corrected chi connectivity index (χ1v) is 12.0. The minimum Gasteiger partial charge on any atom is -0.389 e. The van der Waals surface area contributed by atoms with Gasteiger partial charge >= 0.3 is 0 Å². The average Bonchev–Trinajstić information content (AvgIpc) is 3.34. The van der Waals surface area contributed by atoms with Gasteiger partial charge in [-0.1, -0.05) is 91.0 Å². The third-order valence-corrected chi connectivity index (χ3v) is 6.38. The normalized spacial score (nSPS) is 12.5. The molecule has 0 aliphatic carbocycles. The Kier molecular flexibility index (Phi) is 7.23. The lowest BCUT2D eigenvalue weighted by molar-refractivity contribution is 0.0542. The number of nitrogens with one attached hydrogen (secondary N) is 1. The summed E-state index contributed by atoms with van der Waals surface area (Å²) in [7, 11) is 3.09. The topological polar surface area (TPSA) is 94.3 Å². The summed E-state index contributed by atoms with van der Waals surface area (Å²) in [6, 6.07) is 30.7. The van der Waals surface area contributed by atoms with Gasteiger partial charge in [0.2, 0.25) is 0 Å². The summed E-state index contributed by atoms with van der Waals surface area (Å²) in [6.45, 7) is 0.463. The third-order valence-electron chi connectivity index (χ3n) is 6.38. The minimum absolute atomic E-state index is 0.197. The number of imidazole rings is 1. The number of rotatable bonds is 10. The van der Waals surface area contributed by atoms with E-state index in [9.17, 15) is 5.11 Å². The Morgan fingerprint density at radius 1 is 0.838 bits per heavy atom. The molecule has 2 N–H and O–H groups in total. The molecule has 0 aliphatic heterocycles. The first-order valence-electron chi connectivity index (χ1n) is 12.0. The van der Waals surface area contributed by atoms with Crippen LogP contribution in [0.3, 0.4) is 0 Å². The van der Waals surface area contributed by atoms with Gasteiger partial charge in [0.15, 0.2) is 22.8 Å². The van der Waals surface area contributed by atoms with Crippen molar-refractivity contribution in [2.75, 3.05) is 26.3 Å². The molecule has 5 aromatic rings. The van der Waals surface area contributed by atoms with E-state index < -0.39 is 11.5 Å². The van der Waals surface area contributed by atoms with Crippen LogP contribution >= 0.6 is 0 Å². The molecule has 37 heavy (non-hydrogen) atoms. The molecule has 0 radical (unpaired) electrons. The largest absolute Gasteiger partial charge is 0.389 e. The van der Waals surface area contributed by atoms with Crippen LogP contribution in [0.1, 0.15) is 22.5 Å². The van der Waals surface area contributed by atoms with Crippen LogP contribution < -0.4 is 5.48 Å². The fourth-order valence-electron chi connectivity index (χ4n) is 4.84. The summed E-state index contributed by atoms with van der Waals surface area (Å²) in [5, 5.41) is 10.5. The lowest BCUT2D eigenvalue weighted by Gasteiger charge is -2.34. The van der Waals surface area contributed by atoms with Crippen molar-refractivity contribution in [3.63, 3.8) is 0 Å². The van der Waals surface area contributed by atoms with Crippen molar-refractivity contribution in [1.82, 2.24) is 19.5 Å². The van der Waals surface area contributed by atoms with Gasteiger partial charge < -0.3 is 14.4 Å². The van der Waals surface area contributed by atoms with Crippen LogP contribution in [0.15, 0.2) is 97.3 Å². The Hall–Kier alpha value is -4.11. The van der Waals surface area contributed by atoms with Crippen molar-refractivity contribution in [1.29, 1.82) is 0 Å². The maximum atomic E-state index is 10.5. The maximum absolute atomic E-state index is 10.5. The zero-order valence-electron chi connectivity index (χ0n) is 20.8. The molecule has 0 spiro atoms. The summed E-state index contributed by atoms with van der Waals surface area (Å²) in [5.41, 5.74) is 6.21. The van der Waals surface area contributed by atoms with Gasteiger partial charge in [-0.15, -0.1) is 0 Å². The van der Waals surface area contributed by atoms with E-state index in [1.54, 1.807) is 13.4 Å². The molecule has 1 atom stereocenters. The van der Waals surface area contributed by atoms with Gasteiger partial charge in [0.1, 0.15) is 5.41 Å². The summed E-state index contributed by atoms with van der Waals surface area (Å²) in [5.74, 6) is 0.987. The monoisotopic (exact) mass is 495 g/mol. The first kappa shape index (κ1) is 24.6. The number of aromatic nitrogens is 4. The highest BCUT2D eigenvalue weighted by Crippen LogP contribution is 2.44. The molecule has 2 heterocycles. The second kappa shape index (κ2) is 10.9. The number of hydrogen-bond donors (Lipinski definition) is 2. The SMILES string of the molecule is COC[C@H](O)Cn1cnc2c(NOC)nc(C(c3ccccc3)(c3ccccc3)c3ccccc3)nc21. The molecule has 0 aliphatic rings. The second-order valence-corrected chi connectivity index (χ2v) is 8.73. The van der Waals surface area contributed by atoms with Crippen molar-refractivity contribution >= 4 is 17.0 Å². The summed E-state index contributed by atoms with van der Waals surface area (Å²) in [4.78, 5) is 20.0. The van der Waals surface area contributed by atoms with E-state index in [0.717, 1.165) is 16.7 Å². The number of ether oxygens (including phenoxy) is 1. The van der Waals surface area contributed by atoms with E-state index >= 15 is 0 Å². The molecule has 5 rings (SSSR count). The van der Waals surface area contributed by atoms with Crippen molar-refractivity contribution in [3.05, 3.63) is 120 Å². The van der Waals surface area contributed by atoms with Crippen molar-refractivity contribution in [3.8, 4) is 0 Å². The van der Waals surface area contributed by atoms with Crippen LogP contribution in [-0.2, 0) is 21.5 Å². The van der Waals surface area contributed by atoms with Gasteiger partial charge in [-0.25, -0.2) is 20.4 Å². The highest BCUT2D eigenvalue weighted by atomic mass is 16.6. The summed E-state index contributed by atoms with van der Waals surface area (Å²) >= 11 is 0. The molecular weight excluding hydrogens is 466 g/mol. The van der Waals surface area contributed by atoms with E-state index in [0.29, 0.717) is 22.8 Å². The molecule has 8 heteroatoms. The number of nitrogens with zero attached hydrogens (tertiary/aromatic N) is 4. The van der Waals surface area contributed by atoms with Crippen LogP contribution in [-0.4, -0.2) is 51.6 Å². The van der Waals surface area contributed by atoms with Crippen molar-refractivity contribution in [2.45, 2.75) is 18.1 Å². The fraction of sp³-hybridized carbons (Fsp3) is 0.207. The number of benzene rings is 3. The second-order valence-electron chi connectivity index (χ2n) is 8.73. The van der Waals surface area contributed by atoms with Crippen molar-refractivity contribution < 1.29 is 14.7 Å². The Morgan fingerprint density at radius 3 is 1.86 bits per heavy atom. The van der Waals surface area contributed by atoms with E-state index in [1.165, 1.54) is 7.11 Å². The standard InChI is InChI=1S/C29H29N5O3/c1-36-19-24(35)18-34-20-30-25-26(33-37-2)31-28(32-27(25)34)29(21-12-6-3-7-13-21,22-14-8-4-9-15-22)23-16-10-5-11-17-23/h3-17,20,24,35H,18-19H2,1-2H3,(H,31,32,33)/t24-/m1/s1. The Balaban J connectivity index is 1.86. The lowest BCUT2D eigenvalue weighted by Crippen LogP contribution is -2.33. The van der Waals surface area contributed by atoms with Crippen LogP contribution in [0.4, 0.5) is 5.82 Å². The predicted molar refractivity (Wildman–Crippen MR) is 142 cm³/mol. The molecule has 8 nitrogen and oxygen atoms in total. The molecule has 3 aromatic carbocycles.